The second-order valence-electron chi connectivity index (χ2n) is 2.17. The summed E-state index contributed by atoms with van der Waals surface area (Å²) < 4.78 is 0. The molecule has 2 N–H and O–H groups in total. The van der Waals surface area contributed by atoms with Crippen molar-refractivity contribution in [3.05, 3.63) is 27.6 Å². The molecule has 0 aliphatic carbocycles. The SMILES string of the molecule is C1CNCCNCC[N-]1.Cl.[CH3-].[CH3-].[CH3-].[Ti+4]. The van der Waals surface area contributed by atoms with Crippen molar-refractivity contribution in [3.63, 3.8) is 0 Å². The largest absolute Gasteiger partial charge is 4.00 e. The molecule has 1 aliphatic heterocycles. The fourth-order valence-electron chi connectivity index (χ4n) is 0.855. The summed E-state index contributed by atoms with van der Waals surface area (Å²) in [6.07, 6.45) is 0. The average Bonchev–Trinajstić information content (AvgIpc) is 2.00. The van der Waals surface area contributed by atoms with E-state index in [1.165, 1.54) is 0 Å². The quantitative estimate of drug-likeness (QED) is 0.507. The Labute approximate surface area is 111 Å². The molecule has 0 aromatic rings. The summed E-state index contributed by atoms with van der Waals surface area (Å²) in [5, 5.41) is 10.8. The zero-order valence-electron chi connectivity index (χ0n) is 9.60. The number of hydrogen-bond acceptors (Lipinski definition) is 2. The fraction of sp³-hybridized carbons (Fsp3) is 0.667. The van der Waals surface area contributed by atoms with Crippen molar-refractivity contribution in [2.45, 2.75) is 0 Å². The zero-order chi connectivity index (χ0) is 6.36. The van der Waals surface area contributed by atoms with Crippen molar-refractivity contribution in [1.82, 2.24) is 10.6 Å². The Morgan fingerprint density at radius 1 is 0.714 bits per heavy atom. The van der Waals surface area contributed by atoms with Crippen molar-refractivity contribution in [3.8, 4) is 0 Å². The number of halogens is 1. The standard InChI is InChI=1S/C6H14N3.3CH3.ClH.Ti/c1-2-8-5-6-9-4-3-7-1;;;;;/h7-8H,1-6H2;3*1H3;1H;/q4*-1;;+4. The molecule has 0 bridgehead atoms. The van der Waals surface area contributed by atoms with Crippen LogP contribution in [0.15, 0.2) is 0 Å². The molecule has 0 aromatic heterocycles. The second-order valence-corrected chi connectivity index (χ2v) is 2.17. The van der Waals surface area contributed by atoms with Gasteiger partial charge in [0.25, 0.3) is 0 Å². The molecule has 1 rings (SSSR count). The maximum atomic E-state index is 4.27. The Morgan fingerprint density at radius 2 is 1.07 bits per heavy atom. The van der Waals surface area contributed by atoms with E-state index in [0.29, 0.717) is 0 Å². The van der Waals surface area contributed by atoms with E-state index in [1.807, 2.05) is 0 Å². The predicted molar refractivity (Wildman–Crippen MR) is 65.3 cm³/mol. The third-order valence-electron chi connectivity index (χ3n) is 1.37. The van der Waals surface area contributed by atoms with Gasteiger partial charge in [0.15, 0.2) is 0 Å². The molecule has 0 amide bonds. The minimum atomic E-state index is 0. The first-order chi connectivity index (χ1) is 4.50. The summed E-state index contributed by atoms with van der Waals surface area (Å²) in [6.45, 7) is 6.19. The second kappa shape index (κ2) is 23.6. The van der Waals surface area contributed by atoms with Gasteiger partial charge in [0, 0.05) is 13.1 Å². The summed E-state index contributed by atoms with van der Waals surface area (Å²) in [4.78, 5) is 0. The normalized spacial score (nSPS) is 15.4. The first-order valence-electron chi connectivity index (χ1n) is 3.55. The fourth-order valence-corrected chi connectivity index (χ4v) is 0.855. The summed E-state index contributed by atoms with van der Waals surface area (Å²) in [6, 6.07) is 0. The summed E-state index contributed by atoms with van der Waals surface area (Å²) in [5.74, 6) is 0. The Hall–Kier alpha value is 0.884. The molecular weight excluding hydrogens is 233 g/mol. The van der Waals surface area contributed by atoms with Gasteiger partial charge in [-0.1, -0.05) is 0 Å². The monoisotopic (exact) mass is 257 g/mol. The third kappa shape index (κ3) is 18.6. The van der Waals surface area contributed by atoms with Crippen molar-refractivity contribution >= 4 is 12.4 Å². The van der Waals surface area contributed by atoms with Crippen LogP contribution in [-0.2, 0) is 21.7 Å². The van der Waals surface area contributed by atoms with Crippen LogP contribution in [-0.4, -0.2) is 39.3 Å². The first-order valence-corrected chi connectivity index (χ1v) is 3.55. The van der Waals surface area contributed by atoms with Gasteiger partial charge in [-0.15, -0.1) is 25.5 Å². The van der Waals surface area contributed by atoms with Crippen LogP contribution in [0.25, 0.3) is 5.32 Å². The van der Waals surface area contributed by atoms with Crippen molar-refractivity contribution in [2.24, 2.45) is 0 Å². The van der Waals surface area contributed by atoms with Crippen molar-refractivity contribution in [1.29, 1.82) is 0 Å². The van der Waals surface area contributed by atoms with E-state index in [9.17, 15) is 0 Å². The third-order valence-corrected chi connectivity index (χ3v) is 1.37. The maximum Gasteiger partial charge on any atom is 4.00 e. The predicted octanol–water partition coefficient (Wildman–Crippen LogP) is 1.32. The minimum absolute atomic E-state index is 0. The minimum Gasteiger partial charge on any atom is -0.660 e. The Morgan fingerprint density at radius 3 is 1.43 bits per heavy atom. The molecule has 0 aromatic carbocycles. The van der Waals surface area contributed by atoms with E-state index in [1.54, 1.807) is 0 Å². The molecule has 1 saturated heterocycles. The van der Waals surface area contributed by atoms with E-state index in [-0.39, 0.29) is 56.4 Å². The van der Waals surface area contributed by atoms with Crippen LogP contribution in [0.2, 0.25) is 0 Å². The smallest absolute Gasteiger partial charge is 0.660 e. The summed E-state index contributed by atoms with van der Waals surface area (Å²) in [5.41, 5.74) is 0. The van der Waals surface area contributed by atoms with Crippen molar-refractivity contribution in [2.75, 3.05) is 39.3 Å². The molecule has 1 fully saturated rings. The molecule has 0 spiro atoms. The van der Waals surface area contributed by atoms with E-state index < -0.39 is 0 Å². The Balaban J connectivity index is -0.0000000540. The van der Waals surface area contributed by atoms with Gasteiger partial charge >= 0.3 is 21.7 Å². The Kier molecular flexibility index (Phi) is 49.5. The van der Waals surface area contributed by atoms with Gasteiger partial charge < -0.3 is 38.2 Å². The van der Waals surface area contributed by atoms with Crippen LogP contribution < -0.4 is 10.6 Å². The van der Waals surface area contributed by atoms with Gasteiger partial charge in [0.2, 0.25) is 0 Å². The first kappa shape index (κ1) is 29.4. The molecular formula is C9H24ClN3Ti. The van der Waals surface area contributed by atoms with Gasteiger partial charge in [0.05, 0.1) is 0 Å². The van der Waals surface area contributed by atoms with Crippen LogP contribution >= 0.6 is 12.4 Å². The van der Waals surface area contributed by atoms with Crippen LogP contribution in [0.1, 0.15) is 0 Å². The van der Waals surface area contributed by atoms with Gasteiger partial charge in [-0.2, -0.15) is 0 Å². The van der Waals surface area contributed by atoms with E-state index in [2.05, 4.69) is 16.0 Å². The molecule has 0 unspecified atom stereocenters. The molecule has 14 heavy (non-hydrogen) atoms. The summed E-state index contributed by atoms with van der Waals surface area (Å²) in [7, 11) is 0. The van der Waals surface area contributed by atoms with Gasteiger partial charge in [0.1, 0.15) is 0 Å². The number of nitrogens with zero attached hydrogens (tertiary/aromatic N) is 1. The van der Waals surface area contributed by atoms with Crippen LogP contribution in [0.5, 0.6) is 0 Å². The number of nitrogens with one attached hydrogen (secondary N) is 2. The molecule has 3 nitrogen and oxygen atoms in total. The van der Waals surface area contributed by atoms with E-state index >= 15 is 0 Å². The van der Waals surface area contributed by atoms with E-state index in [4.69, 9.17) is 0 Å². The molecule has 5 heteroatoms. The number of rotatable bonds is 0. The molecule has 0 radical (unpaired) electrons. The molecule has 1 heterocycles. The van der Waals surface area contributed by atoms with Gasteiger partial charge in [-0.25, -0.2) is 0 Å². The van der Waals surface area contributed by atoms with Crippen LogP contribution in [0, 0.1) is 22.3 Å². The summed E-state index contributed by atoms with van der Waals surface area (Å²) >= 11 is 0. The molecule has 1 aliphatic rings. The average molecular weight is 258 g/mol. The van der Waals surface area contributed by atoms with Crippen LogP contribution in [0.3, 0.4) is 0 Å². The molecule has 0 saturated carbocycles. The van der Waals surface area contributed by atoms with Gasteiger partial charge in [-0.05, 0) is 13.1 Å². The van der Waals surface area contributed by atoms with Crippen molar-refractivity contribution < 1.29 is 21.7 Å². The maximum absolute atomic E-state index is 4.27. The number of hydrogen-bond donors (Lipinski definition) is 2. The van der Waals surface area contributed by atoms with Gasteiger partial charge in [-0.3, -0.25) is 0 Å². The molecule has 86 valence electrons. The van der Waals surface area contributed by atoms with Crippen LogP contribution in [0.4, 0.5) is 0 Å². The zero-order valence-corrected chi connectivity index (χ0v) is 12.0. The van der Waals surface area contributed by atoms with E-state index in [0.717, 1.165) is 39.3 Å². The topological polar surface area (TPSA) is 38.2 Å². The molecule has 0 atom stereocenters. The Bertz CT molecular complexity index is 48.5.